The van der Waals surface area contributed by atoms with Crippen molar-refractivity contribution in [2.45, 2.75) is 31.8 Å². The fourth-order valence-corrected chi connectivity index (χ4v) is 1.31. The summed E-state index contributed by atoms with van der Waals surface area (Å²) < 4.78 is 5.19. The van der Waals surface area contributed by atoms with E-state index < -0.39 is 0 Å². The zero-order valence-electron chi connectivity index (χ0n) is 5.48. The van der Waals surface area contributed by atoms with Gasteiger partial charge < -0.3 is 4.74 Å². The monoisotopic (exact) mass is 147 g/mol. The normalized spacial score (nSPS) is 22.3. The van der Waals surface area contributed by atoms with Crippen LogP contribution in [0.25, 0.3) is 0 Å². The molecule has 1 rings (SSSR count). The second-order valence-corrected chi connectivity index (χ2v) is 2.55. The van der Waals surface area contributed by atoms with Crippen LogP contribution in [0, 0.1) is 6.42 Å². The molecule has 53 valence electrons. The third-order valence-corrected chi connectivity index (χ3v) is 1.78. The Balaban J connectivity index is 2.08. The molecule has 2 heteroatoms. The van der Waals surface area contributed by atoms with Crippen LogP contribution in [-0.2, 0) is 4.74 Å². The lowest BCUT2D eigenvalue weighted by atomic mass is 9.98. The minimum atomic E-state index is 0.334. The Labute approximate surface area is 61.3 Å². The summed E-state index contributed by atoms with van der Waals surface area (Å²) in [6, 6.07) is 0.334. The Hall–Kier alpha value is 0.250. The first-order chi connectivity index (χ1) is 4.43. The molecular formula is C7H12ClO. The number of hydrogen-bond acceptors (Lipinski definition) is 1. The van der Waals surface area contributed by atoms with Crippen molar-refractivity contribution in [3.63, 3.8) is 0 Å². The molecule has 1 aliphatic rings. The Morgan fingerprint density at radius 1 is 1.56 bits per heavy atom. The molecule has 1 atom stereocenters. The molecule has 0 aromatic carbocycles. The van der Waals surface area contributed by atoms with Gasteiger partial charge in [-0.25, -0.2) is 0 Å². The van der Waals surface area contributed by atoms with E-state index in [1.54, 1.807) is 0 Å². The average molecular weight is 148 g/mol. The molecule has 0 bridgehead atoms. The molecule has 0 heterocycles. The van der Waals surface area contributed by atoms with Gasteiger partial charge in [-0.15, -0.1) is 0 Å². The Morgan fingerprint density at radius 2 is 2.44 bits per heavy atom. The van der Waals surface area contributed by atoms with Crippen molar-refractivity contribution in [1.82, 2.24) is 0 Å². The summed E-state index contributed by atoms with van der Waals surface area (Å²) in [6.07, 6.45) is 7.52. The van der Waals surface area contributed by atoms with Crippen LogP contribution >= 0.6 is 11.6 Å². The van der Waals surface area contributed by atoms with Gasteiger partial charge in [0.25, 0.3) is 0 Å². The average Bonchev–Trinajstić information content (AvgIpc) is 1.91. The molecule has 0 N–H and O–H groups in total. The summed E-state index contributed by atoms with van der Waals surface area (Å²) >= 11 is 5.39. The Kier molecular flexibility index (Phi) is 3.37. The minimum absolute atomic E-state index is 0.334. The van der Waals surface area contributed by atoms with Gasteiger partial charge in [-0.3, -0.25) is 0 Å². The van der Waals surface area contributed by atoms with Crippen LogP contribution in [0.2, 0.25) is 0 Å². The fourth-order valence-electron chi connectivity index (χ4n) is 1.14. The molecule has 0 saturated heterocycles. The maximum atomic E-state index is 5.39. The number of ether oxygens (including phenoxy) is 1. The Morgan fingerprint density at radius 3 is 3.00 bits per heavy atom. The Bertz CT molecular complexity index is 66.6. The van der Waals surface area contributed by atoms with Gasteiger partial charge in [0.15, 0.2) is 0 Å². The van der Waals surface area contributed by atoms with Gasteiger partial charge in [-0.2, -0.15) is 0 Å². The molecule has 9 heavy (non-hydrogen) atoms. The van der Waals surface area contributed by atoms with Crippen LogP contribution in [0.15, 0.2) is 0 Å². The minimum Gasteiger partial charge on any atom is -0.362 e. The van der Waals surface area contributed by atoms with E-state index in [0.29, 0.717) is 12.2 Å². The maximum absolute atomic E-state index is 5.39. The molecule has 1 saturated carbocycles. The topological polar surface area (TPSA) is 9.23 Å². The molecule has 0 amide bonds. The van der Waals surface area contributed by atoms with Gasteiger partial charge in [0.1, 0.15) is 6.07 Å². The maximum Gasteiger partial charge on any atom is 0.121 e. The zero-order chi connectivity index (χ0) is 6.53. The lowest BCUT2D eigenvalue weighted by Gasteiger charge is -2.19. The molecule has 0 spiro atoms. The molecular weight excluding hydrogens is 136 g/mol. The number of halogens is 1. The molecule has 0 aliphatic heterocycles. The van der Waals surface area contributed by atoms with Gasteiger partial charge in [0.05, 0.1) is 6.10 Å². The van der Waals surface area contributed by atoms with E-state index >= 15 is 0 Å². The van der Waals surface area contributed by atoms with Gasteiger partial charge >= 0.3 is 0 Å². The lowest BCUT2D eigenvalue weighted by molar-refractivity contribution is 0.0909. The summed E-state index contributed by atoms with van der Waals surface area (Å²) in [6.45, 7) is 0. The van der Waals surface area contributed by atoms with Gasteiger partial charge in [-0.05, 0) is 19.3 Å². The van der Waals surface area contributed by atoms with Crippen molar-refractivity contribution in [1.29, 1.82) is 0 Å². The second kappa shape index (κ2) is 4.13. The van der Waals surface area contributed by atoms with Crippen LogP contribution in [0.5, 0.6) is 0 Å². The van der Waals surface area contributed by atoms with E-state index in [9.17, 15) is 0 Å². The van der Waals surface area contributed by atoms with Crippen molar-refractivity contribution in [2.75, 3.05) is 6.07 Å². The highest BCUT2D eigenvalue weighted by atomic mass is 35.5. The molecule has 0 aromatic rings. The highest BCUT2D eigenvalue weighted by molar-refractivity contribution is 6.17. The van der Waals surface area contributed by atoms with E-state index in [-0.39, 0.29) is 0 Å². The number of alkyl halides is 1. The predicted molar refractivity (Wildman–Crippen MR) is 38.4 cm³/mol. The molecule has 0 aromatic heterocycles. The SMILES string of the molecule is ClCOC1[CH]CCCC1. The third-order valence-electron chi connectivity index (χ3n) is 1.65. The van der Waals surface area contributed by atoms with Crippen molar-refractivity contribution in [3.8, 4) is 0 Å². The second-order valence-electron chi connectivity index (χ2n) is 2.33. The predicted octanol–water partition coefficient (Wildman–Crippen LogP) is 2.35. The van der Waals surface area contributed by atoms with E-state index in [4.69, 9.17) is 16.3 Å². The van der Waals surface area contributed by atoms with E-state index in [1.165, 1.54) is 19.3 Å². The quantitative estimate of drug-likeness (QED) is 0.545. The molecule has 1 fully saturated rings. The van der Waals surface area contributed by atoms with Gasteiger partial charge in [0, 0.05) is 0 Å². The molecule has 1 aliphatic carbocycles. The molecule has 1 radical (unpaired) electrons. The van der Waals surface area contributed by atoms with E-state index in [0.717, 1.165) is 6.42 Å². The smallest absolute Gasteiger partial charge is 0.121 e. The summed E-state index contributed by atoms with van der Waals surface area (Å²) in [5.41, 5.74) is 0. The van der Waals surface area contributed by atoms with Gasteiger partial charge in [0.2, 0.25) is 0 Å². The van der Waals surface area contributed by atoms with Crippen molar-refractivity contribution >= 4 is 11.6 Å². The summed E-state index contributed by atoms with van der Waals surface area (Å²) in [7, 11) is 0. The van der Waals surface area contributed by atoms with Crippen LogP contribution in [0.4, 0.5) is 0 Å². The van der Waals surface area contributed by atoms with Crippen LogP contribution < -0.4 is 0 Å². The first-order valence-corrected chi connectivity index (χ1v) is 3.98. The first-order valence-electron chi connectivity index (χ1n) is 3.44. The highest BCUT2D eigenvalue weighted by Crippen LogP contribution is 2.19. The standard InChI is InChI=1S/C7H12ClO/c8-6-9-7-4-2-1-3-5-7/h4,7H,1-3,5-6H2. The summed E-state index contributed by atoms with van der Waals surface area (Å²) in [4.78, 5) is 0. The van der Waals surface area contributed by atoms with Gasteiger partial charge in [-0.1, -0.05) is 24.4 Å². The third kappa shape index (κ3) is 2.55. The summed E-state index contributed by atoms with van der Waals surface area (Å²) in [5, 5.41) is 0. The number of hydrogen-bond donors (Lipinski definition) is 0. The first kappa shape index (κ1) is 7.36. The van der Waals surface area contributed by atoms with Crippen LogP contribution in [0.1, 0.15) is 25.7 Å². The van der Waals surface area contributed by atoms with Crippen molar-refractivity contribution in [2.24, 2.45) is 0 Å². The van der Waals surface area contributed by atoms with Crippen LogP contribution in [-0.4, -0.2) is 12.2 Å². The molecule has 1 unspecified atom stereocenters. The largest absolute Gasteiger partial charge is 0.362 e. The molecule has 1 nitrogen and oxygen atoms in total. The zero-order valence-corrected chi connectivity index (χ0v) is 6.23. The highest BCUT2D eigenvalue weighted by Gasteiger charge is 2.12. The van der Waals surface area contributed by atoms with E-state index in [2.05, 4.69) is 6.42 Å². The lowest BCUT2D eigenvalue weighted by Crippen LogP contribution is -2.16. The fraction of sp³-hybridized carbons (Fsp3) is 0.857. The van der Waals surface area contributed by atoms with Crippen LogP contribution in [0.3, 0.4) is 0 Å². The summed E-state index contributed by atoms with van der Waals surface area (Å²) in [5.74, 6) is 0. The van der Waals surface area contributed by atoms with Crippen molar-refractivity contribution in [3.05, 3.63) is 6.42 Å². The van der Waals surface area contributed by atoms with E-state index in [1.807, 2.05) is 0 Å². The van der Waals surface area contributed by atoms with Crippen molar-refractivity contribution < 1.29 is 4.74 Å². The number of rotatable bonds is 2.